The topological polar surface area (TPSA) is 76.6 Å². The summed E-state index contributed by atoms with van der Waals surface area (Å²) in [4.78, 5) is 23.2. The molecule has 0 bridgehead atoms. The molecule has 1 heterocycles. The molecule has 3 rings (SSSR count). The summed E-state index contributed by atoms with van der Waals surface area (Å²) in [6.07, 6.45) is 8.18. The Kier molecular flexibility index (Phi) is 11.1. The Morgan fingerprint density at radius 1 is 1.12 bits per heavy atom. The standard InChI is InChI=1S/C31H49ClN4O3Si/c1-21(2)20-36(24-11-13-25(14-12-24)39-40(8,9)31(4,5)6)27-15-10-23(22(3)16-30(37)38-7)17-26(27)35-29-19-33-28(32)18-34-29/h10,15,17-19,21-22,24-25H,11-14,16,20H2,1-9H3,(H,34,35)/t22-,24?,25?/m1/s1. The highest BCUT2D eigenvalue weighted by atomic mass is 35.5. The van der Waals surface area contributed by atoms with Gasteiger partial charge in [-0.3, -0.25) is 4.79 Å². The molecule has 0 aliphatic heterocycles. The maximum absolute atomic E-state index is 12.0. The SMILES string of the molecule is COC(=O)C[C@@H](C)c1ccc(N(CC(C)C)C2CCC(O[Si](C)(C)C(C)(C)C)CC2)c(Nc2cnc(Cl)cn2)c1. The second-order valence-electron chi connectivity index (χ2n) is 13.2. The van der Waals surface area contributed by atoms with Gasteiger partial charge >= 0.3 is 5.97 Å². The maximum atomic E-state index is 12.0. The minimum atomic E-state index is -1.80. The van der Waals surface area contributed by atoms with Crippen molar-refractivity contribution in [3.8, 4) is 0 Å². The number of carbonyl (C=O) groups is 1. The first-order chi connectivity index (χ1) is 18.7. The molecule has 1 fully saturated rings. The van der Waals surface area contributed by atoms with Gasteiger partial charge in [-0.15, -0.1) is 0 Å². The molecule has 0 radical (unpaired) electrons. The Morgan fingerprint density at radius 2 is 1.80 bits per heavy atom. The predicted molar refractivity (Wildman–Crippen MR) is 168 cm³/mol. The van der Waals surface area contributed by atoms with E-state index in [2.05, 4.69) is 86.1 Å². The van der Waals surface area contributed by atoms with E-state index in [0.29, 0.717) is 35.5 Å². The first-order valence-electron chi connectivity index (χ1n) is 14.6. The van der Waals surface area contributed by atoms with Crippen LogP contribution in [-0.2, 0) is 14.0 Å². The summed E-state index contributed by atoms with van der Waals surface area (Å²) in [5.41, 5.74) is 3.15. The highest BCUT2D eigenvalue weighted by Crippen LogP contribution is 2.41. The molecular formula is C31H49ClN4O3Si. The fourth-order valence-electron chi connectivity index (χ4n) is 5.08. The molecule has 7 nitrogen and oxygen atoms in total. The molecule has 2 aromatic rings. The number of hydrogen-bond donors (Lipinski definition) is 1. The summed E-state index contributed by atoms with van der Waals surface area (Å²) >= 11 is 6.00. The van der Waals surface area contributed by atoms with Crippen LogP contribution in [0.2, 0.25) is 23.3 Å². The van der Waals surface area contributed by atoms with E-state index >= 15 is 0 Å². The lowest BCUT2D eigenvalue weighted by Gasteiger charge is -2.44. The number of nitrogens with one attached hydrogen (secondary N) is 1. The Morgan fingerprint density at radius 3 is 2.35 bits per heavy atom. The van der Waals surface area contributed by atoms with Crippen LogP contribution >= 0.6 is 11.6 Å². The average Bonchev–Trinajstić information content (AvgIpc) is 2.88. The first-order valence-corrected chi connectivity index (χ1v) is 17.9. The van der Waals surface area contributed by atoms with Crippen molar-refractivity contribution in [3.05, 3.63) is 41.3 Å². The van der Waals surface area contributed by atoms with Crippen LogP contribution in [0.15, 0.2) is 30.6 Å². The monoisotopic (exact) mass is 588 g/mol. The largest absolute Gasteiger partial charge is 0.469 e. The quantitative estimate of drug-likeness (QED) is 0.209. The molecule has 1 atom stereocenters. The summed E-state index contributed by atoms with van der Waals surface area (Å²) in [5.74, 6) is 0.911. The molecule has 1 aliphatic rings. The number of esters is 1. The van der Waals surface area contributed by atoms with E-state index in [4.69, 9.17) is 20.8 Å². The molecule has 222 valence electrons. The van der Waals surface area contributed by atoms with Crippen molar-refractivity contribution < 1.29 is 14.0 Å². The molecule has 0 amide bonds. The Labute approximate surface area is 247 Å². The van der Waals surface area contributed by atoms with Crippen LogP contribution in [0.3, 0.4) is 0 Å². The van der Waals surface area contributed by atoms with Gasteiger partial charge in [0, 0.05) is 18.7 Å². The van der Waals surface area contributed by atoms with Gasteiger partial charge in [-0.05, 0) is 73.3 Å². The molecular weight excluding hydrogens is 540 g/mol. The lowest BCUT2D eigenvalue weighted by Crippen LogP contribution is -2.47. The van der Waals surface area contributed by atoms with Crippen LogP contribution in [0.5, 0.6) is 0 Å². The third-order valence-electron chi connectivity index (χ3n) is 8.40. The van der Waals surface area contributed by atoms with E-state index in [0.717, 1.165) is 49.2 Å². The second kappa shape index (κ2) is 13.7. The third kappa shape index (κ3) is 8.67. The van der Waals surface area contributed by atoms with Gasteiger partial charge in [-0.2, -0.15) is 0 Å². The Hall–Kier alpha value is -2.16. The number of rotatable bonds is 11. The fraction of sp³-hybridized carbons (Fsp3) is 0.645. The number of anilines is 3. The van der Waals surface area contributed by atoms with Gasteiger partial charge < -0.3 is 19.4 Å². The van der Waals surface area contributed by atoms with Gasteiger partial charge in [0.15, 0.2) is 8.32 Å². The molecule has 0 saturated heterocycles. The van der Waals surface area contributed by atoms with Crippen LogP contribution in [-0.4, -0.2) is 50.1 Å². The van der Waals surface area contributed by atoms with E-state index < -0.39 is 8.32 Å². The van der Waals surface area contributed by atoms with Crippen molar-refractivity contribution in [2.75, 3.05) is 23.9 Å². The maximum Gasteiger partial charge on any atom is 0.306 e. The zero-order valence-corrected chi connectivity index (χ0v) is 27.6. The minimum absolute atomic E-state index is 0.0137. The molecule has 1 saturated carbocycles. The van der Waals surface area contributed by atoms with Crippen LogP contribution in [0.25, 0.3) is 0 Å². The van der Waals surface area contributed by atoms with Crippen molar-refractivity contribution in [2.45, 2.75) is 110 Å². The van der Waals surface area contributed by atoms with Crippen LogP contribution < -0.4 is 10.2 Å². The van der Waals surface area contributed by atoms with Crippen LogP contribution in [0.1, 0.15) is 85.1 Å². The molecule has 40 heavy (non-hydrogen) atoms. The number of ether oxygens (including phenoxy) is 1. The molecule has 9 heteroatoms. The summed E-state index contributed by atoms with van der Waals surface area (Å²) in [5, 5.41) is 4.07. The number of halogens is 1. The molecule has 1 aromatic carbocycles. The normalized spacial score (nSPS) is 18.9. The summed E-state index contributed by atoms with van der Waals surface area (Å²) in [6, 6.07) is 6.88. The predicted octanol–water partition coefficient (Wildman–Crippen LogP) is 8.34. The number of aromatic nitrogens is 2. The second-order valence-corrected chi connectivity index (χ2v) is 18.3. The number of benzene rings is 1. The van der Waals surface area contributed by atoms with Gasteiger partial charge in [-0.1, -0.05) is 59.2 Å². The van der Waals surface area contributed by atoms with E-state index in [9.17, 15) is 4.79 Å². The molecule has 1 aromatic heterocycles. The van der Waals surface area contributed by atoms with Gasteiger partial charge in [0.05, 0.1) is 37.3 Å². The molecule has 0 spiro atoms. The number of hydrogen-bond acceptors (Lipinski definition) is 7. The highest BCUT2D eigenvalue weighted by Gasteiger charge is 2.40. The smallest absolute Gasteiger partial charge is 0.306 e. The Bertz CT molecular complexity index is 1110. The average molecular weight is 589 g/mol. The minimum Gasteiger partial charge on any atom is -0.469 e. The summed E-state index contributed by atoms with van der Waals surface area (Å²) < 4.78 is 11.7. The molecule has 0 unspecified atom stereocenters. The summed E-state index contributed by atoms with van der Waals surface area (Å²) in [7, 11) is -0.368. The fourth-order valence-corrected chi connectivity index (χ4v) is 6.60. The third-order valence-corrected chi connectivity index (χ3v) is 13.1. The van der Waals surface area contributed by atoms with Crippen molar-refractivity contribution in [2.24, 2.45) is 5.92 Å². The first kappa shape index (κ1) is 32.4. The van der Waals surface area contributed by atoms with Crippen LogP contribution in [0, 0.1) is 5.92 Å². The number of carbonyl (C=O) groups excluding carboxylic acids is 1. The highest BCUT2D eigenvalue weighted by molar-refractivity contribution is 6.74. The van der Waals surface area contributed by atoms with E-state index in [1.807, 2.05) is 6.92 Å². The number of methoxy groups -OCH3 is 1. The lowest BCUT2D eigenvalue weighted by molar-refractivity contribution is -0.140. The van der Waals surface area contributed by atoms with Crippen molar-refractivity contribution in [1.82, 2.24) is 9.97 Å². The molecule has 1 N–H and O–H groups in total. The van der Waals surface area contributed by atoms with Crippen LogP contribution in [0.4, 0.5) is 17.2 Å². The van der Waals surface area contributed by atoms with E-state index in [1.165, 1.54) is 7.11 Å². The Balaban J connectivity index is 1.90. The van der Waals surface area contributed by atoms with Gasteiger partial charge in [0.1, 0.15) is 11.0 Å². The van der Waals surface area contributed by atoms with E-state index in [1.54, 1.807) is 12.4 Å². The number of nitrogens with zero attached hydrogens (tertiary/aromatic N) is 3. The molecule has 1 aliphatic carbocycles. The zero-order valence-electron chi connectivity index (χ0n) is 25.9. The van der Waals surface area contributed by atoms with E-state index in [-0.39, 0.29) is 16.9 Å². The van der Waals surface area contributed by atoms with Gasteiger partial charge in [0.25, 0.3) is 0 Å². The van der Waals surface area contributed by atoms with Crippen molar-refractivity contribution in [3.63, 3.8) is 0 Å². The van der Waals surface area contributed by atoms with Crippen molar-refractivity contribution >= 4 is 43.1 Å². The van der Waals surface area contributed by atoms with Crippen molar-refractivity contribution in [1.29, 1.82) is 0 Å². The van der Waals surface area contributed by atoms with Gasteiger partial charge in [0.2, 0.25) is 0 Å². The lowest BCUT2D eigenvalue weighted by atomic mass is 9.90. The van der Waals surface area contributed by atoms with Gasteiger partial charge in [-0.25, -0.2) is 9.97 Å². The summed E-state index contributed by atoms with van der Waals surface area (Å²) in [6.45, 7) is 19.2. The zero-order chi connectivity index (χ0) is 29.7.